The molecule has 1 rings (SSSR count). The number of primary amides is 1. The summed E-state index contributed by atoms with van der Waals surface area (Å²) >= 11 is 0. The smallest absolute Gasteiger partial charge is 0.218 e. The minimum atomic E-state index is -3.26. The van der Waals surface area contributed by atoms with Crippen molar-refractivity contribution in [1.82, 2.24) is 5.32 Å². The molecule has 1 atom stereocenters. The van der Waals surface area contributed by atoms with E-state index in [-0.39, 0.29) is 24.0 Å². The van der Waals surface area contributed by atoms with Crippen molar-refractivity contribution in [3.05, 3.63) is 29.8 Å². The Labute approximate surface area is 125 Å². The summed E-state index contributed by atoms with van der Waals surface area (Å²) in [5.74, 6) is -0.0738. The lowest BCUT2D eigenvalue weighted by Crippen LogP contribution is -2.28. The number of para-hydroxylation sites is 1. The van der Waals surface area contributed by atoms with Crippen molar-refractivity contribution in [3.8, 4) is 5.75 Å². The fourth-order valence-electron chi connectivity index (χ4n) is 1.92. The van der Waals surface area contributed by atoms with Crippen LogP contribution in [-0.4, -0.2) is 39.5 Å². The standard InChI is InChI=1S/C14H22N2O4S/c1-11(12-5-3-4-6-13(12)20-2)16-8-10-21(18,19)9-7-14(15)17/h3-6,11,16H,7-10H2,1-2H3,(H2,15,17)/t11-/m1/s1. The number of hydrogen-bond donors (Lipinski definition) is 2. The van der Waals surface area contributed by atoms with Gasteiger partial charge in [0.1, 0.15) is 5.75 Å². The van der Waals surface area contributed by atoms with Crippen LogP contribution in [0.1, 0.15) is 24.9 Å². The highest BCUT2D eigenvalue weighted by Gasteiger charge is 2.14. The molecule has 0 radical (unpaired) electrons. The lowest BCUT2D eigenvalue weighted by molar-refractivity contribution is -0.117. The molecule has 0 fully saturated rings. The van der Waals surface area contributed by atoms with Crippen LogP contribution in [0.5, 0.6) is 5.75 Å². The van der Waals surface area contributed by atoms with Gasteiger partial charge in [-0.15, -0.1) is 0 Å². The number of ether oxygens (including phenoxy) is 1. The van der Waals surface area contributed by atoms with E-state index in [1.807, 2.05) is 31.2 Å². The first-order valence-electron chi connectivity index (χ1n) is 6.71. The predicted octanol–water partition coefficient (Wildman–Crippen LogP) is 0.636. The molecule has 118 valence electrons. The number of nitrogens with one attached hydrogen (secondary N) is 1. The summed E-state index contributed by atoms with van der Waals surface area (Å²) in [5.41, 5.74) is 5.92. The quantitative estimate of drug-likeness (QED) is 0.697. The number of sulfone groups is 1. The molecule has 0 spiro atoms. The summed E-state index contributed by atoms with van der Waals surface area (Å²) in [6, 6.07) is 7.53. The third-order valence-corrected chi connectivity index (χ3v) is 4.78. The van der Waals surface area contributed by atoms with Gasteiger partial charge in [-0.3, -0.25) is 4.79 Å². The van der Waals surface area contributed by atoms with Crippen molar-refractivity contribution in [3.63, 3.8) is 0 Å². The summed E-state index contributed by atoms with van der Waals surface area (Å²) in [7, 11) is -1.67. The Hall–Kier alpha value is -1.60. The summed E-state index contributed by atoms with van der Waals surface area (Å²) in [6.07, 6.45) is -0.135. The van der Waals surface area contributed by atoms with Crippen LogP contribution in [-0.2, 0) is 14.6 Å². The highest BCUT2D eigenvalue weighted by molar-refractivity contribution is 7.91. The summed E-state index contributed by atoms with van der Waals surface area (Å²) in [4.78, 5) is 10.6. The van der Waals surface area contributed by atoms with Crippen molar-refractivity contribution in [2.24, 2.45) is 5.73 Å². The van der Waals surface area contributed by atoms with E-state index >= 15 is 0 Å². The largest absolute Gasteiger partial charge is 0.496 e. The highest BCUT2D eigenvalue weighted by atomic mass is 32.2. The van der Waals surface area contributed by atoms with E-state index < -0.39 is 15.7 Å². The van der Waals surface area contributed by atoms with Crippen molar-refractivity contribution >= 4 is 15.7 Å². The van der Waals surface area contributed by atoms with Gasteiger partial charge >= 0.3 is 0 Å². The molecular formula is C14H22N2O4S. The number of methoxy groups -OCH3 is 1. The second kappa shape index (κ2) is 7.99. The molecule has 0 unspecified atom stereocenters. The van der Waals surface area contributed by atoms with Crippen LogP contribution in [0.4, 0.5) is 0 Å². The average Bonchev–Trinajstić information content (AvgIpc) is 2.45. The Balaban J connectivity index is 2.50. The molecule has 0 aliphatic heterocycles. The van der Waals surface area contributed by atoms with E-state index in [1.54, 1.807) is 7.11 Å². The van der Waals surface area contributed by atoms with Gasteiger partial charge in [-0.1, -0.05) is 18.2 Å². The molecule has 0 saturated carbocycles. The van der Waals surface area contributed by atoms with Crippen LogP contribution in [0.15, 0.2) is 24.3 Å². The summed E-state index contributed by atoms with van der Waals surface area (Å²) < 4.78 is 28.7. The molecule has 0 aliphatic rings. The Morgan fingerprint density at radius 2 is 2.00 bits per heavy atom. The molecule has 21 heavy (non-hydrogen) atoms. The zero-order chi connectivity index (χ0) is 15.9. The number of nitrogens with two attached hydrogens (primary N) is 1. The van der Waals surface area contributed by atoms with Gasteiger partial charge in [0.05, 0.1) is 18.6 Å². The maximum atomic E-state index is 11.7. The predicted molar refractivity (Wildman–Crippen MR) is 81.9 cm³/mol. The van der Waals surface area contributed by atoms with E-state index in [4.69, 9.17) is 10.5 Å². The Morgan fingerprint density at radius 1 is 1.33 bits per heavy atom. The zero-order valence-corrected chi connectivity index (χ0v) is 13.2. The molecule has 1 aromatic rings. The first kappa shape index (κ1) is 17.5. The fraction of sp³-hybridized carbons (Fsp3) is 0.500. The molecule has 1 aromatic carbocycles. The molecule has 6 nitrogen and oxygen atoms in total. The number of carbonyl (C=O) groups excluding carboxylic acids is 1. The number of benzene rings is 1. The van der Waals surface area contributed by atoms with E-state index in [0.29, 0.717) is 6.54 Å². The highest BCUT2D eigenvalue weighted by Crippen LogP contribution is 2.23. The van der Waals surface area contributed by atoms with Gasteiger partial charge < -0.3 is 15.8 Å². The van der Waals surface area contributed by atoms with Crippen LogP contribution in [0.3, 0.4) is 0 Å². The van der Waals surface area contributed by atoms with Gasteiger partial charge in [-0.25, -0.2) is 8.42 Å². The first-order chi connectivity index (χ1) is 9.85. The minimum absolute atomic E-state index is 0.0280. The Kier molecular flexibility index (Phi) is 6.64. The molecule has 7 heteroatoms. The van der Waals surface area contributed by atoms with Crippen molar-refractivity contribution < 1.29 is 17.9 Å². The minimum Gasteiger partial charge on any atom is -0.496 e. The molecule has 0 aliphatic carbocycles. The number of hydrogen-bond acceptors (Lipinski definition) is 5. The number of carbonyl (C=O) groups is 1. The van der Waals surface area contributed by atoms with Gasteiger partial charge in [0.2, 0.25) is 5.91 Å². The molecule has 0 bridgehead atoms. The first-order valence-corrected chi connectivity index (χ1v) is 8.53. The second-order valence-electron chi connectivity index (χ2n) is 4.79. The summed E-state index contributed by atoms with van der Waals surface area (Å²) in [5, 5.41) is 3.14. The lowest BCUT2D eigenvalue weighted by Gasteiger charge is -2.17. The second-order valence-corrected chi connectivity index (χ2v) is 7.09. The van der Waals surface area contributed by atoms with Crippen LogP contribution in [0.25, 0.3) is 0 Å². The van der Waals surface area contributed by atoms with Crippen LogP contribution >= 0.6 is 0 Å². The third-order valence-electron chi connectivity index (χ3n) is 3.13. The van der Waals surface area contributed by atoms with Crippen molar-refractivity contribution in [2.75, 3.05) is 25.2 Å². The maximum absolute atomic E-state index is 11.7. The SMILES string of the molecule is COc1ccccc1[C@@H](C)NCCS(=O)(=O)CCC(N)=O. The van der Waals surface area contributed by atoms with Gasteiger partial charge in [-0.2, -0.15) is 0 Å². The normalized spacial score (nSPS) is 12.9. The molecule has 1 amide bonds. The van der Waals surface area contributed by atoms with Gasteiger partial charge in [0.25, 0.3) is 0 Å². The van der Waals surface area contributed by atoms with E-state index in [1.165, 1.54) is 0 Å². The zero-order valence-electron chi connectivity index (χ0n) is 12.3. The molecule has 3 N–H and O–H groups in total. The van der Waals surface area contributed by atoms with E-state index in [2.05, 4.69) is 5.32 Å². The van der Waals surface area contributed by atoms with Gasteiger partial charge in [0.15, 0.2) is 9.84 Å². The van der Waals surface area contributed by atoms with Gasteiger partial charge in [-0.05, 0) is 13.0 Å². The van der Waals surface area contributed by atoms with Crippen LogP contribution < -0.4 is 15.8 Å². The Bertz CT molecular complexity index is 572. The average molecular weight is 314 g/mol. The number of rotatable bonds is 9. The monoisotopic (exact) mass is 314 g/mol. The fourth-order valence-corrected chi connectivity index (χ4v) is 3.07. The maximum Gasteiger partial charge on any atom is 0.218 e. The van der Waals surface area contributed by atoms with Crippen molar-refractivity contribution in [2.45, 2.75) is 19.4 Å². The van der Waals surface area contributed by atoms with E-state index in [9.17, 15) is 13.2 Å². The van der Waals surface area contributed by atoms with Crippen LogP contribution in [0, 0.1) is 0 Å². The molecule has 0 saturated heterocycles. The number of amides is 1. The summed E-state index contributed by atoms with van der Waals surface area (Å²) in [6.45, 7) is 2.24. The third kappa shape index (κ3) is 6.14. The molecular weight excluding hydrogens is 292 g/mol. The van der Waals surface area contributed by atoms with Gasteiger partial charge in [0, 0.05) is 24.6 Å². The van der Waals surface area contributed by atoms with E-state index in [0.717, 1.165) is 11.3 Å². The molecule has 0 heterocycles. The Morgan fingerprint density at radius 3 is 2.62 bits per heavy atom. The molecule has 0 aromatic heterocycles. The topological polar surface area (TPSA) is 98.5 Å². The van der Waals surface area contributed by atoms with Crippen LogP contribution in [0.2, 0.25) is 0 Å². The lowest BCUT2D eigenvalue weighted by atomic mass is 10.1. The van der Waals surface area contributed by atoms with Crippen molar-refractivity contribution in [1.29, 1.82) is 0 Å².